The molecule has 0 aliphatic rings. The SMILES string of the molecule is Cc1cc(C)n(-c2cc(Oc3ccc(NC(=O)c4cc5ccccc5o4)cc3)nc(C)n2)n1. The lowest BCUT2D eigenvalue weighted by Crippen LogP contribution is -2.10. The number of aryl methyl sites for hydroxylation is 3. The number of nitrogens with one attached hydrogen (secondary N) is 1. The zero-order chi connectivity index (χ0) is 22.9. The largest absolute Gasteiger partial charge is 0.451 e. The van der Waals surface area contributed by atoms with Gasteiger partial charge < -0.3 is 14.5 Å². The molecule has 3 aromatic heterocycles. The Morgan fingerprint density at radius 2 is 1.76 bits per heavy atom. The molecule has 164 valence electrons. The van der Waals surface area contributed by atoms with Crippen molar-refractivity contribution in [3.63, 3.8) is 0 Å². The Hall–Kier alpha value is -4.46. The van der Waals surface area contributed by atoms with Crippen LogP contribution in [0.1, 0.15) is 27.8 Å². The van der Waals surface area contributed by atoms with Crippen LogP contribution in [0.15, 0.2) is 71.1 Å². The van der Waals surface area contributed by atoms with Gasteiger partial charge in [0.1, 0.15) is 17.2 Å². The number of rotatable bonds is 5. The highest BCUT2D eigenvalue weighted by molar-refractivity contribution is 6.04. The second kappa shape index (κ2) is 8.23. The smallest absolute Gasteiger partial charge is 0.291 e. The highest BCUT2D eigenvalue weighted by Crippen LogP contribution is 2.25. The molecule has 0 radical (unpaired) electrons. The number of amides is 1. The molecular formula is C25H21N5O3. The molecule has 8 heteroatoms. The molecule has 3 heterocycles. The number of aromatic nitrogens is 4. The van der Waals surface area contributed by atoms with Crippen LogP contribution >= 0.6 is 0 Å². The highest BCUT2D eigenvalue weighted by Gasteiger charge is 2.13. The van der Waals surface area contributed by atoms with E-state index in [1.165, 1.54) is 0 Å². The van der Waals surface area contributed by atoms with Crippen LogP contribution in [0.25, 0.3) is 16.8 Å². The van der Waals surface area contributed by atoms with Crippen LogP contribution in [0.4, 0.5) is 5.69 Å². The van der Waals surface area contributed by atoms with E-state index < -0.39 is 0 Å². The second-order valence-electron chi connectivity index (χ2n) is 7.68. The molecule has 0 aliphatic carbocycles. The molecule has 8 nitrogen and oxygen atoms in total. The molecule has 0 saturated heterocycles. The molecule has 33 heavy (non-hydrogen) atoms. The fourth-order valence-corrected chi connectivity index (χ4v) is 3.56. The van der Waals surface area contributed by atoms with Crippen LogP contribution in [0.5, 0.6) is 11.6 Å². The number of furan rings is 1. The van der Waals surface area contributed by atoms with Gasteiger partial charge in [-0.2, -0.15) is 10.1 Å². The van der Waals surface area contributed by atoms with Crippen molar-refractivity contribution in [2.45, 2.75) is 20.8 Å². The van der Waals surface area contributed by atoms with Crippen LogP contribution in [0.3, 0.4) is 0 Å². The molecule has 0 bridgehead atoms. The normalized spacial score (nSPS) is 11.0. The van der Waals surface area contributed by atoms with Gasteiger partial charge in [-0.1, -0.05) is 18.2 Å². The van der Waals surface area contributed by atoms with Gasteiger partial charge in [-0.05, 0) is 63.2 Å². The first-order chi connectivity index (χ1) is 15.9. The van der Waals surface area contributed by atoms with Crippen molar-refractivity contribution in [2.75, 3.05) is 5.32 Å². The van der Waals surface area contributed by atoms with E-state index in [-0.39, 0.29) is 11.7 Å². The van der Waals surface area contributed by atoms with Crippen molar-refractivity contribution in [1.29, 1.82) is 0 Å². The number of carbonyl (C=O) groups is 1. The van der Waals surface area contributed by atoms with Gasteiger partial charge in [0.25, 0.3) is 5.91 Å². The summed E-state index contributed by atoms with van der Waals surface area (Å²) >= 11 is 0. The predicted molar refractivity (Wildman–Crippen MR) is 124 cm³/mol. The Bertz CT molecular complexity index is 1430. The first kappa shape index (κ1) is 20.4. The maximum atomic E-state index is 12.5. The van der Waals surface area contributed by atoms with Gasteiger partial charge in [0.15, 0.2) is 11.6 Å². The number of benzene rings is 2. The Morgan fingerprint density at radius 1 is 0.970 bits per heavy atom. The quantitative estimate of drug-likeness (QED) is 0.395. The third kappa shape index (κ3) is 4.31. The first-order valence-electron chi connectivity index (χ1n) is 10.4. The standard InChI is InChI=1S/C25H21N5O3/c1-15-12-16(2)30(29-15)23-14-24(27-17(3)26-23)32-20-10-8-19(9-11-20)28-25(31)22-13-18-6-4-5-7-21(18)33-22/h4-14H,1-3H3,(H,28,31). The van der Waals surface area contributed by atoms with E-state index in [9.17, 15) is 4.79 Å². The van der Waals surface area contributed by atoms with E-state index in [0.29, 0.717) is 34.5 Å². The molecular weight excluding hydrogens is 418 g/mol. The van der Waals surface area contributed by atoms with Crippen LogP contribution in [0.2, 0.25) is 0 Å². The summed E-state index contributed by atoms with van der Waals surface area (Å²) in [4.78, 5) is 21.4. The number of carbonyl (C=O) groups excluding carboxylic acids is 1. The van der Waals surface area contributed by atoms with E-state index in [4.69, 9.17) is 9.15 Å². The van der Waals surface area contributed by atoms with Crippen molar-refractivity contribution in [1.82, 2.24) is 19.7 Å². The van der Waals surface area contributed by atoms with E-state index in [2.05, 4.69) is 20.4 Å². The fraction of sp³-hybridized carbons (Fsp3) is 0.120. The predicted octanol–water partition coefficient (Wildman–Crippen LogP) is 5.38. The fourth-order valence-electron chi connectivity index (χ4n) is 3.56. The Balaban J connectivity index is 1.31. The van der Waals surface area contributed by atoms with Crippen LogP contribution in [0, 0.1) is 20.8 Å². The molecule has 0 aliphatic heterocycles. The maximum absolute atomic E-state index is 12.5. The van der Waals surface area contributed by atoms with Gasteiger partial charge in [0.2, 0.25) is 5.88 Å². The summed E-state index contributed by atoms with van der Waals surface area (Å²) in [5.74, 6) is 2.13. The lowest BCUT2D eigenvalue weighted by molar-refractivity contribution is 0.0998. The minimum atomic E-state index is -0.319. The minimum Gasteiger partial charge on any atom is -0.451 e. The second-order valence-corrected chi connectivity index (χ2v) is 7.68. The summed E-state index contributed by atoms with van der Waals surface area (Å²) in [6.07, 6.45) is 0. The van der Waals surface area contributed by atoms with Gasteiger partial charge in [-0.15, -0.1) is 0 Å². The Morgan fingerprint density at radius 3 is 2.48 bits per heavy atom. The molecule has 5 aromatic rings. The maximum Gasteiger partial charge on any atom is 0.291 e. The van der Waals surface area contributed by atoms with Crippen molar-refractivity contribution in [3.8, 4) is 17.4 Å². The van der Waals surface area contributed by atoms with Gasteiger partial charge in [-0.3, -0.25) is 4.79 Å². The molecule has 0 fully saturated rings. The number of anilines is 1. The van der Waals surface area contributed by atoms with E-state index in [0.717, 1.165) is 16.8 Å². The zero-order valence-corrected chi connectivity index (χ0v) is 18.4. The number of hydrogen-bond donors (Lipinski definition) is 1. The molecule has 0 saturated carbocycles. The summed E-state index contributed by atoms with van der Waals surface area (Å²) in [6.45, 7) is 5.71. The van der Waals surface area contributed by atoms with Crippen LogP contribution < -0.4 is 10.1 Å². The third-order valence-electron chi connectivity index (χ3n) is 5.01. The van der Waals surface area contributed by atoms with Gasteiger partial charge in [0, 0.05) is 22.8 Å². The average molecular weight is 439 g/mol. The molecule has 0 atom stereocenters. The number of hydrogen-bond acceptors (Lipinski definition) is 6. The first-order valence-corrected chi connectivity index (χ1v) is 10.4. The number of nitrogens with zero attached hydrogens (tertiary/aromatic N) is 4. The van der Waals surface area contributed by atoms with Gasteiger partial charge in [-0.25, -0.2) is 9.67 Å². The summed E-state index contributed by atoms with van der Waals surface area (Å²) in [5.41, 5.74) is 3.17. The number of para-hydroxylation sites is 1. The van der Waals surface area contributed by atoms with E-state index in [1.54, 1.807) is 48.0 Å². The molecule has 0 unspecified atom stereocenters. The van der Waals surface area contributed by atoms with Crippen LogP contribution in [-0.2, 0) is 0 Å². The lowest BCUT2D eigenvalue weighted by Gasteiger charge is -2.10. The minimum absolute atomic E-state index is 0.254. The molecule has 1 amide bonds. The monoisotopic (exact) mass is 439 g/mol. The summed E-state index contributed by atoms with van der Waals surface area (Å²) in [5, 5.41) is 8.18. The number of ether oxygens (including phenoxy) is 1. The summed E-state index contributed by atoms with van der Waals surface area (Å²) < 4.78 is 13.3. The topological polar surface area (TPSA) is 95.1 Å². The van der Waals surface area contributed by atoms with Crippen molar-refractivity contribution in [2.24, 2.45) is 0 Å². The van der Waals surface area contributed by atoms with E-state index in [1.807, 2.05) is 44.2 Å². The van der Waals surface area contributed by atoms with Crippen molar-refractivity contribution >= 4 is 22.6 Å². The molecule has 1 N–H and O–H groups in total. The zero-order valence-electron chi connectivity index (χ0n) is 18.4. The molecule has 2 aromatic carbocycles. The third-order valence-corrected chi connectivity index (χ3v) is 5.01. The summed E-state index contributed by atoms with van der Waals surface area (Å²) in [7, 11) is 0. The van der Waals surface area contributed by atoms with Gasteiger partial charge in [0.05, 0.1) is 5.69 Å². The van der Waals surface area contributed by atoms with Crippen molar-refractivity contribution < 1.29 is 13.9 Å². The number of fused-ring (bicyclic) bond motifs is 1. The lowest BCUT2D eigenvalue weighted by atomic mass is 10.2. The van der Waals surface area contributed by atoms with Gasteiger partial charge >= 0.3 is 0 Å². The Kier molecular flexibility index (Phi) is 5.10. The molecule has 5 rings (SSSR count). The highest BCUT2D eigenvalue weighted by atomic mass is 16.5. The summed E-state index contributed by atoms with van der Waals surface area (Å²) in [6, 6.07) is 20.0. The Labute approximate surface area is 189 Å². The van der Waals surface area contributed by atoms with Crippen LogP contribution in [-0.4, -0.2) is 25.7 Å². The molecule has 0 spiro atoms. The van der Waals surface area contributed by atoms with Crippen molar-refractivity contribution in [3.05, 3.63) is 89.7 Å². The average Bonchev–Trinajstić information content (AvgIpc) is 3.37. The van der Waals surface area contributed by atoms with E-state index >= 15 is 0 Å².